The van der Waals surface area contributed by atoms with Gasteiger partial charge >= 0.3 is 0 Å². The maximum atomic E-state index is 13.8. The number of rotatable bonds is 3. The largest absolute Gasteiger partial charge is 0.322 e. The monoisotopic (exact) mass is 396 g/mol. The average molecular weight is 397 g/mol. The Morgan fingerprint density at radius 2 is 1.93 bits per heavy atom. The highest BCUT2D eigenvalue weighted by molar-refractivity contribution is 7.19. The molecule has 0 fully saturated rings. The number of hydrogen-bond donors (Lipinski definition) is 1. The van der Waals surface area contributed by atoms with E-state index in [0.717, 1.165) is 10.3 Å². The summed E-state index contributed by atoms with van der Waals surface area (Å²) < 4.78 is 14.5. The lowest BCUT2D eigenvalue weighted by Gasteiger charge is -2.10. The molecule has 0 aliphatic rings. The highest BCUT2D eigenvalue weighted by Gasteiger charge is 2.15. The molecule has 4 rings (SSSR count). The molecule has 1 N–H and O–H groups in total. The lowest BCUT2D eigenvalue weighted by atomic mass is 10.1. The van der Waals surface area contributed by atoms with Gasteiger partial charge in [0.15, 0.2) is 0 Å². The van der Waals surface area contributed by atoms with Crippen molar-refractivity contribution in [2.75, 3.05) is 5.32 Å². The molecule has 0 aliphatic heterocycles. The summed E-state index contributed by atoms with van der Waals surface area (Å²) in [5, 5.41) is 3.50. The average Bonchev–Trinajstić information content (AvgIpc) is 3.10. The third-order valence-electron chi connectivity index (χ3n) is 4.22. The molecule has 134 valence electrons. The number of amides is 1. The Bertz CT molecular complexity index is 1170. The van der Waals surface area contributed by atoms with Gasteiger partial charge < -0.3 is 5.32 Å². The Morgan fingerprint density at radius 1 is 1.11 bits per heavy atom. The lowest BCUT2D eigenvalue weighted by molar-refractivity contribution is 0.102. The normalized spacial score (nSPS) is 10.9. The molecular formula is C21H14ClFN2OS. The van der Waals surface area contributed by atoms with Gasteiger partial charge in [-0.25, -0.2) is 9.37 Å². The lowest BCUT2D eigenvalue weighted by Crippen LogP contribution is -2.13. The summed E-state index contributed by atoms with van der Waals surface area (Å²) in [6, 6.07) is 17.5. The van der Waals surface area contributed by atoms with Crippen molar-refractivity contribution < 1.29 is 9.18 Å². The Kier molecular flexibility index (Phi) is 4.64. The van der Waals surface area contributed by atoms with Crippen molar-refractivity contribution >= 4 is 45.4 Å². The van der Waals surface area contributed by atoms with E-state index < -0.39 is 0 Å². The number of aromatic nitrogens is 1. The van der Waals surface area contributed by atoms with E-state index in [1.807, 2.05) is 30.3 Å². The van der Waals surface area contributed by atoms with Gasteiger partial charge in [-0.15, -0.1) is 11.3 Å². The van der Waals surface area contributed by atoms with Crippen molar-refractivity contribution in [1.82, 2.24) is 4.98 Å². The molecule has 4 aromatic rings. The summed E-state index contributed by atoms with van der Waals surface area (Å²) in [5.41, 5.74) is 2.79. The molecule has 6 heteroatoms. The highest BCUT2D eigenvalue weighted by Crippen LogP contribution is 2.32. The summed E-state index contributed by atoms with van der Waals surface area (Å²) in [6.45, 7) is 1.68. The smallest absolute Gasteiger partial charge is 0.256 e. The minimum absolute atomic E-state index is 0.319. The van der Waals surface area contributed by atoms with Gasteiger partial charge in [0, 0.05) is 11.1 Å². The summed E-state index contributed by atoms with van der Waals surface area (Å²) >= 11 is 7.44. The molecule has 0 atom stereocenters. The summed E-state index contributed by atoms with van der Waals surface area (Å²) in [5.74, 6) is -0.679. The SMILES string of the molecule is Cc1ccc(NC(=O)c2cc(-c3ccc(Cl)s3)nc3ccccc23)cc1F. The standard InChI is InChI=1S/C21H14ClFN2OS/c1-12-6-7-13(10-16(12)23)24-21(26)15-11-18(19-8-9-20(22)27-19)25-17-5-3-2-4-14(15)17/h2-11H,1H3,(H,24,26). The van der Waals surface area contributed by atoms with Gasteiger partial charge in [0.1, 0.15) is 5.82 Å². The van der Waals surface area contributed by atoms with E-state index in [1.165, 1.54) is 17.4 Å². The van der Waals surface area contributed by atoms with Crippen LogP contribution in [0.5, 0.6) is 0 Å². The molecule has 0 spiro atoms. The van der Waals surface area contributed by atoms with Crippen LogP contribution in [0, 0.1) is 12.7 Å². The second kappa shape index (κ2) is 7.10. The van der Waals surface area contributed by atoms with Crippen LogP contribution in [0.4, 0.5) is 10.1 Å². The number of benzene rings is 2. The first-order chi connectivity index (χ1) is 13.0. The van der Waals surface area contributed by atoms with Crippen LogP contribution in [0.15, 0.2) is 60.7 Å². The van der Waals surface area contributed by atoms with Crippen molar-refractivity contribution in [3.8, 4) is 10.6 Å². The number of pyridine rings is 1. The van der Waals surface area contributed by atoms with Crippen LogP contribution in [0.3, 0.4) is 0 Å². The summed E-state index contributed by atoms with van der Waals surface area (Å²) in [7, 11) is 0. The van der Waals surface area contributed by atoms with Gasteiger partial charge in [-0.2, -0.15) is 0 Å². The fourth-order valence-electron chi connectivity index (χ4n) is 2.81. The highest BCUT2D eigenvalue weighted by atomic mass is 35.5. The molecule has 0 unspecified atom stereocenters. The van der Waals surface area contributed by atoms with Crippen molar-refractivity contribution in [3.05, 3.63) is 81.9 Å². The third-order valence-corrected chi connectivity index (χ3v) is 5.47. The quantitative estimate of drug-likeness (QED) is 0.440. The van der Waals surface area contributed by atoms with Gasteiger partial charge in [0.25, 0.3) is 5.91 Å². The number of carbonyl (C=O) groups excluding carboxylic acids is 1. The van der Waals surface area contributed by atoms with E-state index >= 15 is 0 Å². The molecule has 0 radical (unpaired) electrons. The first kappa shape index (κ1) is 17.6. The van der Waals surface area contributed by atoms with E-state index in [-0.39, 0.29) is 11.7 Å². The van der Waals surface area contributed by atoms with Gasteiger partial charge in [0.2, 0.25) is 0 Å². The van der Waals surface area contributed by atoms with Crippen molar-refractivity contribution in [2.24, 2.45) is 0 Å². The minimum atomic E-state index is -0.360. The van der Waals surface area contributed by atoms with E-state index in [4.69, 9.17) is 11.6 Å². The van der Waals surface area contributed by atoms with E-state index in [9.17, 15) is 9.18 Å². The van der Waals surface area contributed by atoms with Gasteiger partial charge in [0.05, 0.1) is 26.0 Å². The number of aryl methyl sites for hydroxylation is 1. The Morgan fingerprint density at radius 3 is 2.67 bits per heavy atom. The molecular weight excluding hydrogens is 383 g/mol. The molecule has 1 amide bonds. The Balaban J connectivity index is 1.79. The minimum Gasteiger partial charge on any atom is -0.322 e. The van der Waals surface area contributed by atoms with Crippen LogP contribution >= 0.6 is 22.9 Å². The molecule has 2 aromatic heterocycles. The number of nitrogens with one attached hydrogen (secondary N) is 1. The predicted octanol–water partition coefficient (Wildman–Crippen LogP) is 6.32. The molecule has 0 saturated carbocycles. The molecule has 2 aromatic carbocycles. The van der Waals surface area contributed by atoms with Crippen molar-refractivity contribution in [3.63, 3.8) is 0 Å². The Labute approximate surface area is 164 Å². The van der Waals surface area contributed by atoms with Crippen LogP contribution < -0.4 is 5.32 Å². The van der Waals surface area contributed by atoms with Crippen LogP contribution in [-0.4, -0.2) is 10.9 Å². The van der Waals surface area contributed by atoms with Crippen LogP contribution in [-0.2, 0) is 0 Å². The molecule has 0 bridgehead atoms. The maximum absolute atomic E-state index is 13.8. The number of nitrogens with zero attached hydrogens (tertiary/aromatic N) is 1. The number of halogens is 2. The topological polar surface area (TPSA) is 42.0 Å². The van der Waals surface area contributed by atoms with Crippen LogP contribution in [0.25, 0.3) is 21.5 Å². The third kappa shape index (κ3) is 3.56. The first-order valence-electron chi connectivity index (χ1n) is 8.24. The zero-order valence-corrected chi connectivity index (χ0v) is 15.9. The number of carbonyl (C=O) groups is 1. The second-order valence-electron chi connectivity index (χ2n) is 6.09. The van der Waals surface area contributed by atoms with Crippen LogP contribution in [0.1, 0.15) is 15.9 Å². The van der Waals surface area contributed by atoms with E-state index in [0.29, 0.717) is 32.4 Å². The summed E-state index contributed by atoms with van der Waals surface area (Å²) in [4.78, 5) is 18.5. The fraction of sp³-hybridized carbons (Fsp3) is 0.0476. The van der Waals surface area contributed by atoms with E-state index in [1.54, 1.807) is 31.2 Å². The van der Waals surface area contributed by atoms with Gasteiger partial charge in [-0.1, -0.05) is 35.9 Å². The molecule has 0 saturated heterocycles. The fourth-order valence-corrected chi connectivity index (χ4v) is 3.81. The zero-order valence-electron chi connectivity index (χ0n) is 14.3. The van der Waals surface area contributed by atoms with Gasteiger partial charge in [-0.3, -0.25) is 4.79 Å². The van der Waals surface area contributed by atoms with Crippen molar-refractivity contribution in [2.45, 2.75) is 6.92 Å². The number of hydrogen-bond acceptors (Lipinski definition) is 3. The van der Waals surface area contributed by atoms with Gasteiger partial charge in [-0.05, 0) is 48.9 Å². The summed E-state index contributed by atoms with van der Waals surface area (Å²) in [6.07, 6.45) is 0. The molecule has 27 heavy (non-hydrogen) atoms. The Hall–Kier alpha value is -2.76. The van der Waals surface area contributed by atoms with Crippen molar-refractivity contribution in [1.29, 1.82) is 0 Å². The zero-order chi connectivity index (χ0) is 19.0. The first-order valence-corrected chi connectivity index (χ1v) is 9.44. The predicted molar refractivity (Wildman–Crippen MR) is 109 cm³/mol. The molecule has 2 heterocycles. The number of fused-ring (bicyclic) bond motifs is 1. The number of thiophene rings is 1. The van der Waals surface area contributed by atoms with E-state index in [2.05, 4.69) is 10.3 Å². The molecule has 3 nitrogen and oxygen atoms in total. The maximum Gasteiger partial charge on any atom is 0.256 e. The van der Waals surface area contributed by atoms with Crippen LogP contribution in [0.2, 0.25) is 4.34 Å². The molecule has 0 aliphatic carbocycles. The number of anilines is 1. The second-order valence-corrected chi connectivity index (χ2v) is 7.81. The number of para-hydroxylation sites is 1.